The Morgan fingerprint density at radius 1 is 1.12 bits per heavy atom. The quantitative estimate of drug-likeness (QED) is 0.404. The summed E-state index contributed by atoms with van der Waals surface area (Å²) in [6, 6.07) is 9.64. The average Bonchev–Trinajstić information content (AvgIpc) is 3.50. The number of amides is 3. The molecule has 4 atom stereocenters. The first-order valence-corrected chi connectivity index (χ1v) is 11.7. The van der Waals surface area contributed by atoms with Gasteiger partial charge in [0.15, 0.2) is 0 Å². The number of halogens is 1. The highest BCUT2D eigenvalue weighted by atomic mass is 35.5. The summed E-state index contributed by atoms with van der Waals surface area (Å²) in [4.78, 5) is 55.9. The third-order valence-corrected chi connectivity index (χ3v) is 8.13. The van der Waals surface area contributed by atoms with Gasteiger partial charge in [-0.05, 0) is 62.2 Å². The Kier molecular flexibility index (Phi) is 4.47. The third-order valence-electron chi connectivity index (χ3n) is 7.72. The van der Waals surface area contributed by atoms with Crippen LogP contribution in [-0.4, -0.2) is 41.2 Å². The van der Waals surface area contributed by atoms with E-state index in [1.165, 1.54) is 11.8 Å². The number of nitrogens with one attached hydrogen (secondary N) is 1. The number of ether oxygens (including phenoxy) is 1. The van der Waals surface area contributed by atoms with Crippen molar-refractivity contribution in [3.8, 4) is 5.75 Å². The van der Waals surface area contributed by atoms with Gasteiger partial charge in [-0.3, -0.25) is 24.1 Å². The molecule has 0 aliphatic carbocycles. The van der Waals surface area contributed by atoms with Gasteiger partial charge in [0.1, 0.15) is 11.3 Å². The van der Waals surface area contributed by atoms with Gasteiger partial charge in [0.05, 0.1) is 23.2 Å². The number of anilines is 2. The largest absolute Gasteiger partial charge is 0.427 e. The molecule has 0 radical (unpaired) electrons. The molecule has 34 heavy (non-hydrogen) atoms. The highest BCUT2D eigenvalue weighted by Gasteiger charge is 2.74. The summed E-state index contributed by atoms with van der Waals surface area (Å²) in [5.41, 5.74) is 1.25. The molecular weight excluding hydrogens is 458 g/mol. The molecule has 3 fully saturated rings. The molecule has 1 N–H and O–H groups in total. The van der Waals surface area contributed by atoms with E-state index in [0.29, 0.717) is 34.3 Å². The van der Waals surface area contributed by atoms with Gasteiger partial charge in [-0.25, -0.2) is 4.90 Å². The average molecular weight is 480 g/mol. The van der Waals surface area contributed by atoms with Gasteiger partial charge >= 0.3 is 5.97 Å². The molecule has 2 aromatic carbocycles. The second-order valence-electron chi connectivity index (χ2n) is 9.32. The zero-order valence-electron chi connectivity index (χ0n) is 18.6. The molecule has 0 aromatic heterocycles. The number of hydrogen-bond acceptors (Lipinski definition) is 6. The van der Waals surface area contributed by atoms with Crippen LogP contribution in [0.1, 0.15) is 30.9 Å². The van der Waals surface area contributed by atoms with Crippen LogP contribution >= 0.6 is 11.6 Å². The molecule has 3 amide bonds. The van der Waals surface area contributed by atoms with E-state index in [9.17, 15) is 19.2 Å². The summed E-state index contributed by atoms with van der Waals surface area (Å²) in [7, 11) is 0. The van der Waals surface area contributed by atoms with Crippen LogP contribution in [0.5, 0.6) is 5.75 Å². The van der Waals surface area contributed by atoms with Crippen LogP contribution < -0.4 is 15.0 Å². The molecule has 8 nitrogen and oxygen atoms in total. The SMILES string of the molecule is CC(=O)Oc1ccc(N2C(=O)[C@H]3[C@@H](C2=O)[C@]2(C(=O)Nc4c2ccc(Cl)c4C)N2CCC[C@@H]32)cc1. The minimum absolute atomic E-state index is 0.195. The van der Waals surface area contributed by atoms with Gasteiger partial charge in [-0.2, -0.15) is 0 Å². The molecule has 2 aromatic rings. The molecule has 3 saturated heterocycles. The first-order chi connectivity index (χ1) is 16.3. The summed E-state index contributed by atoms with van der Waals surface area (Å²) >= 11 is 6.33. The second kappa shape index (κ2) is 7.13. The van der Waals surface area contributed by atoms with Gasteiger partial charge in [0, 0.05) is 23.6 Å². The van der Waals surface area contributed by atoms with Gasteiger partial charge in [-0.1, -0.05) is 17.7 Å². The van der Waals surface area contributed by atoms with E-state index in [0.717, 1.165) is 18.4 Å². The van der Waals surface area contributed by atoms with Gasteiger partial charge in [0.25, 0.3) is 0 Å². The molecule has 0 bridgehead atoms. The molecule has 6 rings (SSSR count). The number of carbonyl (C=O) groups is 4. The first kappa shape index (κ1) is 21.3. The molecule has 4 heterocycles. The number of fused-ring (bicyclic) bond motifs is 7. The van der Waals surface area contributed by atoms with E-state index in [4.69, 9.17) is 16.3 Å². The van der Waals surface area contributed by atoms with E-state index in [1.807, 2.05) is 13.0 Å². The molecule has 0 saturated carbocycles. The lowest BCUT2D eigenvalue weighted by molar-refractivity contribution is -0.135. The molecule has 4 aliphatic rings. The van der Waals surface area contributed by atoms with Crippen LogP contribution in [0.15, 0.2) is 36.4 Å². The summed E-state index contributed by atoms with van der Waals surface area (Å²) in [6.07, 6.45) is 1.60. The first-order valence-electron chi connectivity index (χ1n) is 11.3. The lowest BCUT2D eigenvalue weighted by Gasteiger charge is -2.36. The monoisotopic (exact) mass is 479 g/mol. The maximum Gasteiger partial charge on any atom is 0.308 e. The molecule has 0 unspecified atom stereocenters. The fourth-order valence-corrected chi connectivity index (χ4v) is 6.63. The molecule has 1 spiro atoms. The number of esters is 1. The van der Waals surface area contributed by atoms with Crippen LogP contribution in [0, 0.1) is 18.8 Å². The second-order valence-corrected chi connectivity index (χ2v) is 9.73. The summed E-state index contributed by atoms with van der Waals surface area (Å²) in [5, 5.41) is 3.52. The molecule has 174 valence electrons. The third kappa shape index (κ3) is 2.52. The summed E-state index contributed by atoms with van der Waals surface area (Å²) in [6.45, 7) is 3.78. The Morgan fingerprint density at radius 3 is 2.56 bits per heavy atom. The number of rotatable bonds is 2. The zero-order chi connectivity index (χ0) is 23.9. The minimum Gasteiger partial charge on any atom is -0.427 e. The van der Waals surface area contributed by atoms with Gasteiger partial charge in [-0.15, -0.1) is 0 Å². The summed E-state index contributed by atoms with van der Waals surface area (Å²) in [5.74, 6) is -2.54. The van der Waals surface area contributed by atoms with Crippen LogP contribution in [-0.2, 0) is 24.7 Å². The van der Waals surface area contributed by atoms with E-state index in [1.54, 1.807) is 30.3 Å². The maximum atomic E-state index is 13.9. The Hall–Kier alpha value is -3.23. The lowest BCUT2D eigenvalue weighted by atomic mass is 9.75. The number of imide groups is 1. The Morgan fingerprint density at radius 2 is 1.85 bits per heavy atom. The standard InChI is InChI=1S/C25H22ClN3O5/c1-12-17(26)10-9-16-21(12)27-24(33)25(16)20-19(18-4-3-11-28(18)25)22(31)29(23(20)32)14-5-7-15(8-6-14)34-13(2)30/h5-10,18-20H,3-4,11H2,1-2H3,(H,27,33)/t18-,19+,20-,25+/m0/s1. The number of carbonyl (C=O) groups excluding carboxylic acids is 4. The Balaban J connectivity index is 1.48. The zero-order valence-corrected chi connectivity index (χ0v) is 19.4. The molecular formula is C25H22ClN3O5. The fraction of sp³-hybridized carbons (Fsp3) is 0.360. The van der Waals surface area contributed by atoms with E-state index < -0.39 is 23.3 Å². The van der Waals surface area contributed by atoms with Crippen LogP contribution in [0.3, 0.4) is 0 Å². The van der Waals surface area contributed by atoms with E-state index in [2.05, 4.69) is 10.2 Å². The number of nitrogens with zero attached hydrogens (tertiary/aromatic N) is 2. The number of benzene rings is 2. The minimum atomic E-state index is -1.24. The smallest absolute Gasteiger partial charge is 0.308 e. The Labute approximate surface area is 200 Å². The normalized spacial score (nSPS) is 29.4. The van der Waals surface area contributed by atoms with Gasteiger partial charge < -0.3 is 10.1 Å². The van der Waals surface area contributed by atoms with Crippen LogP contribution in [0.4, 0.5) is 11.4 Å². The molecule has 4 aliphatic heterocycles. The topological polar surface area (TPSA) is 96.0 Å². The summed E-state index contributed by atoms with van der Waals surface area (Å²) < 4.78 is 5.07. The molecule has 9 heteroatoms. The van der Waals surface area contributed by atoms with E-state index >= 15 is 0 Å². The van der Waals surface area contributed by atoms with Crippen molar-refractivity contribution < 1.29 is 23.9 Å². The van der Waals surface area contributed by atoms with E-state index in [-0.39, 0.29) is 23.8 Å². The van der Waals surface area contributed by atoms with Crippen molar-refractivity contribution in [2.75, 3.05) is 16.8 Å². The lowest BCUT2D eigenvalue weighted by Crippen LogP contribution is -2.54. The van der Waals surface area contributed by atoms with Crippen molar-refractivity contribution >= 4 is 46.7 Å². The highest BCUT2D eigenvalue weighted by molar-refractivity contribution is 6.32. The van der Waals surface area contributed by atoms with Crippen molar-refractivity contribution in [2.45, 2.75) is 38.3 Å². The van der Waals surface area contributed by atoms with Crippen molar-refractivity contribution in [3.63, 3.8) is 0 Å². The van der Waals surface area contributed by atoms with Crippen molar-refractivity contribution in [1.29, 1.82) is 0 Å². The predicted octanol–water partition coefficient (Wildman–Crippen LogP) is 3.00. The van der Waals surface area contributed by atoms with Crippen LogP contribution in [0.2, 0.25) is 5.02 Å². The predicted molar refractivity (Wildman–Crippen MR) is 123 cm³/mol. The van der Waals surface area contributed by atoms with Crippen molar-refractivity contribution in [2.24, 2.45) is 11.8 Å². The maximum absolute atomic E-state index is 13.9. The highest BCUT2D eigenvalue weighted by Crippen LogP contribution is 2.61. The van der Waals surface area contributed by atoms with Crippen molar-refractivity contribution in [3.05, 3.63) is 52.5 Å². The Bertz CT molecular complexity index is 1290. The number of hydrogen-bond donors (Lipinski definition) is 1. The van der Waals surface area contributed by atoms with Gasteiger partial charge in [0.2, 0.25) is 17.7 Å². The fourth-order valence-electron chi connectivity index (χ4n) is 6.47. The van der Waals surface area contributed by atoms with Crippen LogP contribution in [0.25, 0.3) is 0 Å². The van der Waals surface area contributed by atoms with Crippen molar-refractivity contribution in [1.82, 2.24) is 4.90 Å².